The fourth-order valence-electron chi connectivity index (χ4n) is 1.97. The van der Waals surface area contributed by atoms with Crippen molar-refractivity contribution in [1.82, 2.24) is 5.32 Å². The van der Waals surface area contributed by atoms with Crippen LogP contribution in [0.4, 0.5) is 0 Å². The second-order valence-corrected chi connectivity index (χ2v) is 4.65. The van der Waals surface area contributed by atoms with E-state index in [1.165, 1.54) is 0 Å². The molecule has 1 aliphatic rings. The first-order chi connectivity index (χ1) is 7.11. The first-order valence-corrected chi connectivity index (χ1v) is 5.70. The third-order valence-electron chi connectivity index (χ3n) is 2.65. The smallest absolute Gasteiger partial charge is 0.127 e. The molecule has 2 unspecified atom stereocenters. The second kappa shape index (κ2) is 4.20. The molecule has 0 saturated heterocycles. The average Bonchev–Trinajstić information content (AvgIpc) is 2.14. The fourth-order valence-corrected chi connectivity index (χ4v) is 2.58. The predicted octanol–water partition coefficient (Wildman–Crippen LogP) is 3.42. The number of nitrogens with one attached hydrogen (secondary N) is 1. The van der Waals surface area contributed by atoms with Crippen molar-refractivity contribution in [2.45, 2.75) is 25.5 Å². The van der Waals surface area contributed by atoms with Crippen LogP contribution in [0.5, 0.6) is 5.75 Å². The van der Waals surface area contributed by atoms with Crippen LogP contribution in [-0.4, -0.2) is 13.2 Å². The van der Waals surface area contributed by atoms with E-state index in [0.717, 1.165) is 17.7 Å². The molecule has 82 valence electrons. The monoisotopic (exact) mass is 245 g/mol. The summed E-state index contributed by atoms with van der Waals surface area (Å²) in [6.45, 7) is 2.04. The minimum Gasteiger partial charge on any atom is -0.490 e. The number of hydrogen-bond donors (Lipinski definition) is 1. The van der Waals surface area contributed by atoms with Crippen molar-refractivity contribution in [2.75, 3.05) is 7.05 Å². The molecule has 1 N–H and O–H groups in total. The molecule has 0 aliphatic carbocycles. The van der Waals surface area contributed by atoms with E-state index in [4.69, 9.17) is 27.9 Å². The Morgan fingerprint density at radius 3 is 2.80 bits per heavy atom. The summed E-state index contributed by atoms with van der Waals surface area (Å²) in [4.78, 5) is 0. The van der Waals surface area contributed by atoms with E-state index < -0.39 is 0 Å². The summed E-state index contributed by atoms with van der Waals surface area (Å²) in [5.74, 6) is 0.797. The van der Waals surface area contributed by atoms with Crippen LogP contribution in [0.15, 0.2) is 12.1 Å². The zero-order valence-corrected chi connectivity index (χ0v) is 10.2. The lowest BCUT2D eigenvalue weighted by molar-refractivity contribution is 0.169. The Balaban J connectivity index is 2.51. The molecule has 4 heteroatoms. The lowest BCUT2D eigenvalue weighted by Crippen LogP contribution is -2.29. The van der Waals surface area contributed by atoms with Gasteiger partial charge in [0.2, 0.25) is 0 Å². The van der Waals surface area contributed by atoms with E-state index >= 15 is 0 Å². The minimum absolute atomic E-state index is 0.185. The van der Waals surface area contributed by atoms with Crippen LogP contribution in [-0.2, 0) is 0 Å². The highest BCUT2D eigenvalue weighted by atomic mass is 35.5. The highest BCUT2D eigenvalue weighted by molar-refractivity contribution is 6.35. The zero-order valence-electron chi connectivity index (χ0n) is 8.68. The maximum absolute atomic E-state index is 6.16. The van der Waals surface area contributed by atoms with Crippen LogP contribution in [0.3, 0.4) is 0 Å². The summed E-state index contributed by atoms with van der Waals surface area (Å²) in [6.07, 6.45) is 1.11. The summed E-state index contributed by atoms with van der Waals surface area (Å²) in [5, 5.41) is 4.53. The van der Waals surface area contributed by atoms with E-state index in [9.17, 15) is 0 Å². The van der Waals surface area contributed by atoms with E-state index in [1.54, 1.807) is 6.07 Å². The number of benzene rings is 1. The Morgan fingerprint density at radius 1 is 1.40 bits per heavy atom. The number of rotatable bonds is 1. The molecular weight excluding hydrogens is 233 g/mol. The van der Waals surface area contributed by atoms with Crippen molar-refractivity contribution in [3.8, 4) is 5.75 Å². The quantitative estimate of drug-likeness (QED) is 0.819. The van der Waals surface area contributed by atoms with Gasteiger partial charge < -0.3 is 10.1 Å². The van der Waals surface area contributed by atoms with Crippen molar-refractivity contribution >= 4 is 23.2 Å². The molecule has 0 spiro atoms. The average molecular weight is 246 g/mol. The molecule has 0 aromatic heterocycles. The number of hydrogen-bond acceptors (Lipinski definition) is 2. The second-order valence-electron chi connectivity index (χ2n) is 3.80. The number of halogens is 2. The summed E-state index contributed by atoms with van der Waals surface area (Å²) >= 11 is 12.1. The first-order valence-electron chi connectivity index (χ1n) is 4.94. The van der Waals surface area contributed by atoms with Crippen molar-refractivity contribution in [3.63, 3.8) is 0 Å². The van der Waals surface area contributed by atoms with Crippen LogP contribution in [0.2, 0.25) is 10.0 Å². The molecular formula is C11H13Cl2NO. The predicted molar refractivity (Wildman–Crippen MR) is 63.0 cm³/mol. The van der Waals surface area contributed by atoms with Crippen LogP contribution in [0.1, 0.15) is 24.9 Å². The molecule has 1 aliphatic heterocycles. The molecule has 0 bridgehead atoms. The Labute approximate surface area is 99.5 Å². The van der Waals surface area contributed by atoms with Gasteiger partial charge in [-0.2, -0.15) is 0 Å². The molecule has 2 atom stereocenters. The van der Waals surface area contributed by atoms with Crippen molar-refractivity contribution in [1.29, 1.82) is 0 Å². The van der Waals surface area contributed by atoms with Gasteiger partial charge in [-0.15, -0.1) is 0 Å². The Kier molecular flexibility index (Phi) is 3.10. The maximum atomic E-state index is 6.16. The molecule has 15 heavy (non-hydrogen) atoms. The van der Waals surface area contributed by atoms with Crippen LogP contribution < -0.4 is 10.1 Å². The van der Waals surface area contributed by atoms with E-state index in [1.807, 2.05) is 20.0 Å². The van der Waals surface area contributed by atoms with Gasteiger partial charge in [-0.3, -0.25) is 0 Å². The Bertz CT molecular complexity index is 381. The van der Waals surface area contributed by atoms with Gasteiger partial charge in [0, 0.05) is 23.0 Å². The molecule has 1 heterocycles. The van der Waals surface area contributed by atoms with Crippen LogP contribution in [0, 0.1) is 0 Å². The standard InChI is InChI=1S/C11H13Cl2NO/c1-6-3-9(14-2)11-8(13)4-7(12)5-10(11)15-6/h4-6,9,14H,3H2,1-2H3. The Morgan fingerprint density at radius 2 is 2.13 bits per heavy atom. The molecule has 0 fully saturated rings. The summed E-state index contributed by atoms with van der Waals surface area (Å²) in [6, 6.07) is 3.82. The Hall–Kier alpha value is -0.440. The lowest BCUT2D eigenvalue weighted by atomic mass is 9.97. The summed E-state index contributed by atoms with van der Waals surface area (Å²) in [7, 11) is 1.93. The topological polar surface area (TPSA) is 21.3 Å². The largest absolute Gasteiger partial charge is 0.490 e. The van der Waals surface area contributed by atoms with Gasteiger partial charge in [0.15, 0.2) is 0 Å². The first kappa shape index (κ1) is 11.1. The maximum Gasteiger partial charge on any atom is 0.127 e. The van der Waals surface area contributed by atoms with Gasteiger partial charge in [-0.25, -0.2) is 0 Å². The molecule has 2 rings (SSSR count). The normalized spacial score (nSPS) is 24.5. The molecule has 1 aromatic carbocycles. The van der Waals surface area contributed by atoms with Gasteiger partial charge >= 0.3 is 0 Å². The van der Waals surface area contributed by atoms with E-state index in [0.29, 0.717) is 10.0 Å². The third kappa shape index (κ3) is 2.07. The number of fused-ring (bicyclic) bond motifs is 1. The molecule has 0 amide bonds. The third-order valence-corrected chi connectivity index (χ3v) is 3.18. The van der Waals surface area contributed by atoms with Gasteiger partial charge in [0.25, 0.3) is 0 Å². The van der Waals surface area contributed by atoms with E-state index in [2.05, 4.69) is 5.32 Å². The van der Waals surface area contributed by atoms with Crippen LogP contribution in [0.25, 0.3) is 0 Å². The van der Waals surface area contributed by atoms with Gasteiger partial charge in [0.05, 0.1) is 11.1 Å². The molecule has 1 aromatic rings. The van der Waals surface area contributed by atoms with Crippen molar-refractivity contribution in [2.24, 2.45) is 0 Å². The summed E-state index contributed by atoms with van der Waals surface area (Å²) in [5.41, 5.74) is 1.02. The van der Waals surface area contributed by atoms with Gasteiger partial charge in [-0.1, -0.05) is 23.2 Å². The molecule has 0 saturated carbocycles. The molecule has 2 nitrogen and oxygen atoms in total. The van der Waals surface area contributed by atoms with Gasteiger partial charge in [-0.05, 0) is 26.1 Å². The summed E-state index contributed by atoms with van der Waals surface area (Å²) < 4.78 is 5.72. The SMILES string of the molecule is CNC1CC(C)Oc2cc(Cl)cc(Cl)c21. The van der Waals surface area contributed by atoms with Crippen molar-refractivity contribution in [3.05, 3.63) is 27.7 Å². The van der Waals surface area contributed by atoms with Crippen molar-refractivity contribution < 1.29 is 4.74 Å². The number of ether oxygens (including phenoxy) is 1. The van der Waals surface area contributed by atoms with E-state index in [-0.39, 0.29) is 12.1 Å². The minimum atomic E-state index is 0.185. The molecule has 0 radical (unpaired) electrons. The fraction of sp³-hybridized carbons (Fsp3) is 0.455. The zero-order chi connectivity index (χ0) is 11.0. The van der Waals surface area contributed by atoms with Crippen LogP contribution >= 0.6 is 23.2 Å². The van der Waals surface area contributed by atoms with Gasteiger partial charge in [0.1, 0.15) is 5.75 Å². The lowest BCUT2D eigenvalue weighted by Gasteiger charge is -2.31. The highest BCUT2D eigenvalue weighted by Gasteiger charge is 2.27. The highest BCUT2D eigenvalue weighted by Crippen LogP contribution is 2.41.